The molecule has 0 atom stereocenters. The minimum Gasteiger partial charge on any atom is -0.309 e. The molecule has 0 aliphatic rings. The van der Waals surface area contributed by atoms with Crippen molar-refractivity contribution in [2.45, 2.75) is 59.0 Å². The SMILES string of the molecule is CCCC(CCC)NCc1scnc1C. The second-order valence-corrected chi connectivity index (χ2v) is 4.96. The van der Waals surface area contributed by atoms with Gasteiger partial charge in [0, 0.05) is 17.5 Å². The van der Waals surface area contributed by atoms with Crippen LogP contribution in [-0.4, -0.2) is 11.0 Å². The Morgan fingerprint density at radius 1 is 1.33 bits per heavy atom. The van der Waals surface area contributed by atoms with E-state index >= 15 is 0 Å². The van der Waals surface area contributed by atoms with E-state index in [4.69, 9.17) is 0 Å². The molecular weight excluding hydrogens is 204 g/mol. The van der Waals surface area contributed by atoms with E-state index in [9.17, 15) is 0 Å². The summed E-state index contributed by atoms with van der Waals surface area (Å²) in [7, 11) is 0. The summed E-state index contributed by atoms with van der Waals surface area (Å²) in [5, 5.41) is 3.64. The third kappa shape index (κ3) is 4.31. The van der Waals surface area contributed by atoms with Crippen LogP contribution in [-0.2, 0) is 6.54 Å². The maximum atomic E-state index is 4.27. The smallest absolute Gasteiger partial charge is 0.0798 e. The van der Waals surface area contributed by atoms with Crippen LogP contribution in [0.2, 0.25) is 0 Å². The second-order valence-electron chi connectivity index (χ2n) is 4.02. The Balaban J connectivity index is 2.36. The Hall–Kier alpha value is -0.410. The van der Waals surface area contributed by atoms with Crippen molar-refractivity contribution >= 4 is 11.3 Å². The molecule has 2 nitrogen and oxygen atoms in total. The van der Waals surface area contributed by atoms with E-state index in [0.717, 1.165) is 6.54 Å². The summed E-state index contributed by atoms with van der Waals surface area (Å²) < 4.78 is 0. The Morgan fingerprint density at radius 2 is 2.00 bits per heavy atom. The van der Waals surface area contributed by atoms with Gasteiger partial charge >= 0.3 is 0 Å². The second kappa shape index (κ2) is 6.96. The lowest BCUT2D eigenvalue weighted by Gasteiger charge is -2.16. The van der Waals surface area contributed by atoms with Crippen molar-refractivity contribution in [2.24, 2.45) is 0 Å². The molecular formula is C12H22N2S. The fraction of sp³-hybridized carbons (Fsp3) is 0.750. The minimum atomic E-state index is 0.682. The average Bonchev–Trinajstić information content (AvgIpc) is 2.61. The third-order valence-corrected chi connectivity index (χ3v) is 3.61. The first-order valence-electron chi connectivity index (χ1n) is 5.90. The third-order valence-electron chi connectivity index (χ3n) is 2.67. The lowest BCUT2D eigenvalue weighted by molar-refractivity contribution is 0.444. The summed E-state index contributed by atoms with van der Waals surface area (Å²) in [4.78, 5) is 5.65. The molecule has 1 heterocycles. The number of nitrogens with zero attached hydrogens (tertiary/aromatic N) is 1. The van der Waals surface area contributed by atoms with Gasteiger partial charge in [-0.25, -0.2) is 4.98 Å². The molecule has 1 rings (SSSR count). The molecule has 0 aromatic carbocycles. The maximum Gasteiger partial charge on any atom is 0.0798 e. The molecule has 0 spiro atoms. The van der Waals surface area contributed by atoms with Gasteiger partial charge in [0.2, 0.25) is 0 Å². The number of hydrogen-bond acceptors (Lipinski definition) is 3. The highest BCUT2D eigenvalue weighted by molar-refractivity contribution is 7.09. The van der Waals surface area contributed by atoms with Crippen LogP contribution in [0.25, 0.3) is 0 Å². The zero-order valence-corrected chi connectivity index (χ0v) is 10.9. The van der Waals surface area contributed by atoms with Crippen LogP contribution in [0.15, 0.2) is 5.51 Å². The molecule has 0 saturated carbocycles. The van der Waals surface area contributed by atoms with Crippen LogP contribution >= 0.6 is 11.3 Å². The van der Waals surface area contributed by atoms with Crippen molar-refractivity contribution in [1.29, 1.82) is 0 Å². The summed E-state index contributed by atoms with van der Waals surface area (Å²) in [6.45, 7) is 7.58. The zero-order valence-electron chi connectivity index (χ0n) is 10.0. The van der Waals surface area contributed by atoms with E-state index in [-0.39, 0.29) is 0 Å². The average molecular weight is 226 g/mol. The van der Waals surface area contributed by atoms with E-state index in [1.807, 2.05) is 5.51 Å². The van der Waals surface area contributed by atoms with Crippen molar-refractivity contribution in [3.05, 3.63) is 16.1 Å². The van der Waals surface area contributed by atoms with Gasteiger partial charge in [-0.1, -0.05) is 26.7 Å². The van der Waals surface area contributed by atoms with Crippen LogP contribution in [0.1, 0.15) is 50.1 Å². The standard InChI is InChI=1S/C12H22N2S/c1-4-6-11(7-5-2)13-8-12-10(3)14-9-15-12/h9,11,13H,4-8H2,1-3H3. The number of aromatic nitrogens is 1. The lowest BCUT2D eigenvalue weighted by atomic mass is 10.1. The normalized spacial score (nSPS) is 11.2. The van der Waals surface area contributed by atoms with Crippen molar-refractivity contribution in [2.75, 3.05) is 0 Å². The Morgan fingerprint density at radius 3 is 2.47 bits per heavy atom. The number of aryl methyl sites for hydroxylation is 1. The molecule has 86 valence electrons. The van der Waals surface area contributed by atoms with Gasteiger partial charge in [-0.05, 0) is 19.8 Å². The highest BCUT2D eigenvalue weighted by Gasteiger charge is 2.07. The molecule has 0 amide bonds. The van der Waals surface area contributed by atoms with Crippen LogP contribution in [0.4, 0.5) is 0 Å². The van der Waals surface area contributed by atoms with Crippen LogP contribution in [0.5, 0.6) is 0 Å². The molecule has 15 heavy (non-hydrogen) atoms. The summed E-state index contributed by atoms with van der Waals surface area (Å²) >= 11 is 1.75. The van der Waals surface area contributed by atoms with Crippen molar-refractivity contribution in [1.82, 2.24) is 10.3 Å². The highest BCUT2D eigenvalue weighted by atomic mass is 32.1. The zero-order chi connectivity index (χ0) is 11.1. The van der Waals surface area contributed by atoms with Crippen molar-refractivity contribution < 1.29 is 0 Å². The van der Waals surface area contributed by atoms with Gasteiger partial charge in [-0.15, -0.1) is 11.3 Å². The maximum absolute atomic E-state index is 4.27. The predicted molar refractivity (Wildman–Crippen MR) is 67.3 cm³/mol. The van der Waals surface area contributed by atoms with E-state index in [1.54, 1.807) is 11.3 Å². The van der Waals surface area contributed by atoms with E-state index in [2.05, 4.69) is 31.1 Å². The molecule has 0 aliphatic heterocycles. The topological polar surface area (TPSA) is 24.9 Å². The summed E-state index contributed by atoms with van der Waals surface area (Å²) in [5.41, 5.74) is 3.11. The monoisotopic (exact) mass is 226 g/mol. The van der Waals surface area contributed by atoms with Gasteiger partial charge in [0.05, 0.1) is 11.2 Å². The van der Waals surface area contributed by atoms with Gasteiger partial charge in [0.1, 0.15) is 0 Å². The summed E-state index contributed by atoms with van der Waals surface area (Å²) in [6.07, 6.45) is 5.09. The molecule has 0 fully saturated rings. The highest BCUT2D eigenvalue weighted by Crippen LogP contribution is 2.13. The fourth-order valence-corrected chi connectivity index (χ4v) is 2.51. The molecule has 0 bridgehead atoms. The number of rotatable bonds is 7. The lowest BCUT2D eigenvalue weighted by Crippen LogP contribution is -2.28. The number of thiazole rings is 1. The van der Waals surface area contributed by atoms with E-state index < -0.39 is 0 Å². The summed E-state index contributed by atoms with van der Waals surface area (Å²) in [5.74, 6) is 0. The molecule has 1 N–H and O–H groups in total. The van der Waals surface area contributed by atoms with Gasteiger partial charge in [-0.3, -0.25) is 0 Å². The molecule has 0 aliphatic carbocycles. The van der Waals surface area contributed by atoms with Crippen LogP contribution in [0, 0.1) is 6.92 Å². The molecule has 0 unspecified atom stereocenters. The first kappa shape index (κ1) is 12.7. The fourth-order valence-electron chi connectivity index (χ4n) is 1.78. The Kier molecular flexibility index (Phi) is 5.88. The van der Waals surface area contributed by atoms with Gasteiger partial charge in [-0.2, -0.15) is 0 Å². The minimum absolute atomic E-state index is 0.682. The van der Waals surface area contributed by atoms with Crippen LogP contribution < -0.4 is 5.32 Å². The van der Waals surface area contributed by atoms with Gasteiger partial charge < -0.3 is 5.32 Å². The number of hydrogen-bond donors (Lipinski definition) is 1. The quantitative estimate of drug-likeness (QED) is 0.769. The Bertz CT molecular complexity index is 264. The predicted octanol–water partition coefficient (Wildman–Crippen LogP) is 3.51. The van der Waals surface area contributed by atoms with Gasteiger partial charge in [0.15, 0.2) is 0 Å². The van der Waals surface area contributed by atoms with Gasteiger partial charge in [0.25, 0.3) is 0 Å². The van der Waals surface area contributed by atoms with Crippen molar-refractivity contribution in [3.63, 3.8) is 0 Å². The largest absolute Gasteiger partial charge is 0.309 e. The van der Waals surface area contributed by atoms with Crippen molar-refractivity contribution in [3.8, 4) is 0 Å². The number of nitrogens with one attached hydrogen (secondary N) is 1. The first-order chi connectivity index (χ1) is 7.27. The molecule has 1 aromatic heterocycles. The Labute approximate surface area is 97.1 Å². The first-order valence-corrected chi connectivity index (χ1v) is 6.78. The summed E-state index contributed by atoms with van der Waals surface area (Å²) in [6, 6.07) is 0.682. The van der Waals surface area contributed by atoms with E-state index in [0.29, 0.717) is 6.04 Å². The molecule has 0 radical (unpaired) electrons. The van der Waals surface area contributed by atoms with E-state index in [1.165, 1.54) is 36.3 Å². The van der Waals surface area contributed by atoms with Crippen LogP contribution in [0.3, 0.4) is 0 Å². The molecule has 0 saturated heterocycles. The molecule has 3 heteroatoms. The molecule has 1 aromatic rings.